The molecule has 2 aromatic rings. The van der Waals surface area contributed by atoms with Crippen LogP contribution in [0.3, 0.4) is 0 Å². The highest BCUT2D eigenvalue weighted by Crippen LogP contribution is 2.38. The van der Waals surface area contributed by atoms with Gasteiger partial charge in [-0.25, -0.2) is 0 Å². The van der Waals surface area contributed by atoms with Crippen molar-refractivity contribution in [3.05, 3.63) is 29.0 Å². The van der Waals surface area contributed by atoms with E-state index in [-0.39, 0.29) is 6.79 Å². The fourth-order valence-electron chi connectivity index (χ4n) is 3.10. The average Bonchev–Trinajstić information content (AvgIpc) is 3.18. The lowest BCUT2D eigenvalue weighted by Crippen LogP contribution is -2.06. The van der Waals surface area contributed by atoms with Crippen LogP contribution in [0.1, 0.15) is 29.7 Å². The molecule has 6 nitrogen and oxygen atoms in total. The molecule has 0 spiro atoms. The summed E-state index contributed by atoms with van der Waals surface area (Å²) in [4.78, 5) is 0. The Labute approximate surface area is 128 Å². The lowest BCUT2D eigenvalue weighted by atomic mass is 9.97. The quantitative estimate of drug-likeness (QED) is 0.908. The van der Waals surface area contributed by atoms with Gasteiger partial charge in [-0.1, -0.05) is 0 Å². The van der Waals surface area contributed by atoms with Crippen LogP contribution in [0.15, 0.2) is 12.1 Å². The Morgan fingerprint density at radius 3 is 2.91 bits per heavy atom. The van der Waals surface area contributed by atoms with Crippen molar-refractivity contribution in [1.29, 1.82) is 0 Å². The number of H-pyrrole nitrogens is 1. The fraction of sp³-hybridized carbons (Fsp3) is 0.438. The molecule has 0 saturated carbocycles. The molecule has 0 fully saturated rings. The first-order chi connectivity index (χ1) is 10.8. The van der Waals surface area contributed by atoms with Gasteiger partial charge in [0.15, 0.2) is 17.3 Å². The van der Waals surface area contributed by atoms with Gasteiger partial charge in [-0.05, 0) is 31.7 Å². The molecule has 1 aromatic carbocycles. The lowest BCUT2D eigenvalue weighted by Gasteiger charge is -2.13. The Morgan fingerprint density at radius 2 is 2.05 bits per heavy atom. The van der Waals surface area contributed by atoms with Gasteiger partial charge in [0.25, 0.3) is 0 Å². The Balaban J connectivity index is 1.55. The zero-order valence-corrected chi connectivity index (χ0v) is 12.6. The third kappa shape index (κ3) is 2.24. The molecular weight excluding hydrogens is 282 g/mol. The van der Waals surface area contributed by atoms with Gasteiger partial charge in [-0.3, -0.25) is 5.10 Å². The van der Waals surface area contributed by atoms with E-state index in [9.17, 15) is 0 Å². The first-order valence-electron chi connectivity index (χ1n) is 7.61. The molecule has 22 heavy (non-hydrogen) atoms. The van der Waals surface area contributed by atoms with Crippen LogP contribution in [0.2, 0.25) is 0 Å². The number of aryl methyl sites for hydroxylation is 1. The molecule has 1 aliphatic carbocycles. The van der Waals surface area contributed by atoms with E-state index in [0.29, 0.717) is 6.54 Å². The molecule has 0 unspecified atom stereocenters. The van der Waals surface area contributed by atoms with Crippen molar-refractivity contribution >= 4 is 5.82 Å². The van der Waals surface area contributed by atoms with Crippen molar-refractivity contribution in [3.63, 3.8) is 0 Å². The van der Waals surface area contributed by atoms with E-state index < -0.39 is 0 Å². The van der Waals surface area contributed by atoms with Crippen LogP contribution in [0.5, 0.6) is 17.2 Å². The molecule has 2 heterocycles. The summed E-state index contributed by atoms with van der Waals surface area (Å²) in [5.41, 5.74) is 3.62. The van der Waals surface area contributed by atoms with Gasteiger partial charge in [0, 0.05) is 29.4 Å². The molecule has 2 aliphatic rings. The number of aromatic amines is 1. The number of nitrogens with one attached hydrogen (secondary N) is 2. The van der Waals surface area contributed by atoms with Gasteiger partial charge in [0.2, 0.25) is 6.79 Å². The van der Waals surface area contributed by atoms with Crippen LogP contribution >= 0.6 is 0 Å². The molecule has 0 amide bonds. The highest BCUT2D eigenvalue weighted by Gasteiger charge is 2.19. The summed E-state index contributed by atoms with van der Waals surface area (Å²) < 4.78 is 16.3. The molecule has 1 aromatic heterocycles. The first kappa shape index (κ1) is 13.3. The highest BCUT2D eigenvalue weighted by atomic mass is 16.7. The van der Waals surface area contributed by atoms with Gasteiger partial charge in [0.05, 0.1) is 7.11 Å². The van der Waals surface area contributed by atoms with Crippen molar-refractivity contribution in [2.45, 2.75) is 32.2 Å². The molecule has 4 rings (SSSR count). The van der Waals surface area contributed by atoms with Crippen LogP contribution in [0, 0.1) is 0 Å². The van der Waals surface area contributed by atoms with Gasteiger partial charge in [-0.15, -0.1) is 0 Å². The maximum absolute atomic E-state index is 5.45. The number of methoxy groups -OCH3 is 1. The van der Waals surface area contributed by atoms with Gasteiger partial charge in [0.1, 0.15) is 5.75 Å². The molecule has 0 saturated heterocycles. The Kier molecular flexibility index (Phi) is 3.29. The summed E-state index contributed by atoms with van der Waals surface area (Å²) in [5.74, 6) is 3.25. The third-order valence-electron chi connectivity index (χ3n) is 4.28. The van der Waals surface area contributed by atoms with Crippen molar-refractivity contribution in [2.24, 2.45) is 0 Å². The van der Waals surface area contributed by atoms with E-state index in [1.54, 1.807) is 7.11 Å². The minimum absolute atomic E-state index is 0.266. The Hall–Kier alpha value is -2.37. The predicted octanol–water partition coefficient (Wildman–Crippen LogP) is 2.64. The minimum atomic E-state index is 0.266. The molecule has 1 aliphatic heterocycles. The van der Waals surface area contributed by atoms with Gasteiger partial charge < -0.3 is 19.5 Å². The van der Waals surface area contributed by atoms with Crippen LogP contribution in [-0.2, 0) is 19.4 Å². The molecule has 0 radical (unpaired) electrons. The van der Waals surface area contributed by atoms with Crippen molar-refractivity contribution in [1.82, 2.24) is 10.2 Å². The van der Waals surface area contributed by atoms with E-state index in [2.05, 4.69) is 15.5 Å². The summed E-state index contributed by atoms with van der Waals surface area (Å²) in [7, 11) is 1.66. The maximum atomic E-state index is 5.45. The maximum Gasteiger partial charge on any atom is 0.231 e. The van der Waals surface area contributed by atoms with Crippen LogP contribution < -0.4 is 19.5 Å². The first-order valence-corrected chi connectivity index (χ1v) is 7.61. The highest BCUT2D eigenvalue weighted by molar-refractivity contribution is 5.54. The van der Waals surface area contributed by atoms with Gasteiger partial charge in [-0.2, -0.15) is 5.10 Å². The van der Waals surface area contributed by atoms with E-state index in [4.69, 9.17) is 14.2 Å². The molecule has 116 valence electrons. The normalized spacial score (nSPS) is 15.5. The lowest BCUT2D eigenvalue weighted by molar-refractivity contribution is 0.174. The number of nitrogens with zero attached hydrogens (tertiary/aromatic N) is 1. The zero-order valence-electron chi connectivity index (χ0n) is 12.6. The number of aromatic nitrogens is 2. The second-order valence-electron chi connectivity index (χ2n) is 5.61. The smallest absolute Gasteiger partial charge is 0.231 e. The third-order valence-corrected chi connectivity index (χ3v) is 4.28. The predicted molar refractivity (Wildman–Crippen MR) is 81.7 cm³/mol. The van der Waals surface area contributed by atoms with Crippen molar-refractivity contribution in [3.8, 4) is 17.2 Å². The van der Waals surface area contributed by atoms with Gasteiger partial charge >= 0.3 is 0 Å². The van der Waals surface area contributed by atoms with Crippen LogP contribution in [-0.4, -0.2) is 24.1 Å². The number of ether oxygens (including phenoxy) is 3. The number of hydrogen-bond acceptors (Lipinski definition) is 5. The number of hydrogen-bond donors (Lipinski definition) is 2. The second kappa shape index (κ2) is 5.44. The molecule has 0 bridgehead atoms. The standard InChI is InChI=1S/C16H19N3O3/c1-20-13-7-15-14(21-9-22-15)6-10(13)8-17-16-11-4-2-3-5-12(11)18-19-16/h6-7H,2-5,8-9H2,1H3,(H2,17,18,19). The summed E-state index contributed by atoms with van der Waals surface area (Å²) in [5, 5.41) is 11.0. The topological polar surface area (TPSA) is 68.4 Å². The van der Waals surface area contributed by atoms with Crippen LogP contribution in [0.4, 0.5) is 5.82 Å². The molecule has 2 N–H and O–H groups in total. The number of fused-ring (bicyclic) bond motifs is 2. The molecule has 0 atom stereocenters. The minimum Gasteiger partial charge on any atom is -0.496 e. The summed E-state index contributed by atoms with van der Waals surface area (Å²) in [6.45, 7) is 0.902. The van der Waals surface area contributed by atoms with E-state index in [0.717, 1.165) is 41.5 Å². The Bertz CT molecular complexity index is 696. The second-order valence-corrected chi connectivity index (χ2v) is 5.61. The van der Waals surface area contributed by atoms with Crippen molar-refractivity contribution in [2.75, 3.05) is 19.2 Å². The van der Waals surface area contributed by atoms with E-state index in [1.807, 2.05) is 12.1 Å². The summed E-state index contributed by atoms with van der Waals surface area (Å²) in [6, 6.07) is 3.84. The summed E-state index contributed by atoms with van der Waals surface area (Å²) in [6.07, 6.45) is 4.66. The summed E-state index contributed by atoms with van der Waals surface area (Å²) >= 11 is 0. The molecule has 6 heteroatoms. The van der Waals surface area contributed by atoms with Crippen molar-refractivity contribution < 1.29 is 14.2 Å². The fourth-order valence-corrected chi connectivity index (χ4v) is 3.10. The Morgan fingerprint density at radius 1 is 1.23 bits per heavy atom. The number of benzene rings is 1. The van der Waals surface area contributed by atoms with Crippen LogP contribution in [0.25, 0.3) is 0 Å². The zero-order chi connectivity index (χ0) is 14.9. The number of rotatable bonds is 4. The SMILES string of the molecule is COc1cc2c(cc1CNc1n[nH]c3c1CCCC3)OCO2. The number of anilines is 1. The van der Waals surface area contributed by atoms with E-state index >= 15 is 0 Å². The average molecular weight is 301 g/mol. The largest absolute Gasteiger partial charge is 0.496 e. The van der Waals surface area contributed by atoms with E-state index in [1.165, 1.54) is 24.1 Å². The monoisotopic (exact) mass is 301 g/mol. The molecular formula is C16H19N3O3.